The average molecular weight is 404 g/mol. The Morgan fingerprint density at radius 1 is 1.17 bits per heavy atom. The number of aromatic nitrogens is 4. The normalized spacial score (nSPS) is 10.5. The van der Waals surface area contributed by atoms with Crippen molar-refractivity contribution in [1.82, 2.24) is 20.2 Å². The van der Waals surface area contributed by atoms with Crippen molar-refractivity contribution in [2.24, 2.45) is 0 Å². The quantitative estimate of drug-likeness (QED) is 0.186. The highest BCUT2D eigenvalue weighted by molar-refractivity contribution is 7.81. The Hall–Kier alpha value is -4.05. The number of thiocarbonyl (C=S) groups is 1. The number of nitrogens with zero attached hydrogens (tertiary/aromatic N) is 3. The molecule has 0 radical (unpaired) electrons. The van der Waals surface area contributed by atoms with Crippen LogP contribution < -0.4 is 16.4 Å². The highest BCUT2D eigenvalue weighted by atomic mass is 32.1. The van der Waals surface area contributed by atoms with Gasteiger partial charge in [-0.15, -0.1) is 5.10 Å². The van der Waals surface area contributed by atoms with Gasteiger partial charge in [-0.2, -0.15) is 0 Å². The van der Waals surface area contributed by atoms with Crippen LogP contribution in [0.25, 0.3) is 11.5 Å². The molecule has 6 N–H and O–H groups in total. The third-order valence-electron chi connectivity index (χ3n) is 4.02. The molecule has 0 saturated carbocycles. The molecular weight excluding hydrogens is 388 g/mol. The Balaban J connectivity index is 1.51. The van der Waals surface area contributed by atoms with Crippen molar-refractivity contribution in [1.29, 1.82) is 5.41 Å². The summed E-state index contributed by atoms with van der Waals surface area (Å²) in [6, 6.07) is 12.9. The lowest BCUT2D eigenvalue weighted by Crippen LogP contribution is -2.10. The Labute approximate surface area is 170 Å². The molecule has 2 aromatic carbocycles. The first-order valence-electron chi connectivity index (χ1n) is 8.53. The number of nitrogens with two attached hydrogens (primary N) is 1. The minimum atomic E-state index is 0.228. The number of nitrogens with one attached hydrogen (secondary N) is 4. The van der Waals surface area contributed by atoms with E-state index in [1.165, 1.54) is 6.21 Å². The SMILES string of the molecule is N=Cc1cc(Nc2nnc(-c3cccc(NC(=S)c4c[nH]cn4)c3)o2)ccc1N. The van der Waals surface area contributed by atoms with Gasteiger partial charge in [-0.1, -0.05) is 23.4 Å². The second-order valence-corrected chi connectivity index (χ2v) is 6.42. The number of rotatable bonds is 6. The third-order valence-corrected chi connectivity index (χ3v) is 4.33. The minimum Gasteiger partial charge on any atom is -0.403 e. The molecule has 2 aromatic heterocycles. The molecule has 0 saturated heterocycles. The fraction of sp³-hybridized carbons (Fsp3) is 0. The maximum absolute atomic E-state index is 7.39. The van der Waals surface area contributed by atoms with Crippen LogP contribution in [0, 0.1) is 5.41 Å². The fourth-order valence-electron chi connectivity index (χ4n) is 2.60. The maximum atomic E-state index is 7.39. The van der Waals surface area contributed by atoms with Crippen molar-refractivity contribution in [3.05, 3.63) is 66.2 Å². The maximum Gasteiger partial charge on any atom is 0.320 e. The molecule has 0 atom stereocenters. The molecule has 0 aliphatic heterocycles. The number of hydrogen-bond donors (Lipinski definition) is 5. The van der Waals surface area contributed by atoms with Gasteiger partial charge < -0.3 is 31.2 Å². The second kappa shape index (κ2) is 7.90. The smallest absolute Gasteiger partial charge is 0.320 e. The average Bonchev–Trinajstić information content (AvgIpc) is 3.42. The molecule has 144 valence electrons. The van der Waals surface area contributed by atoms with Gasteiger partial charge in [0.15, 0.2) is 0 Å². The Bertz CT molecular complexity index is 1170. The van der Waals surface area contributed by atoms with Crippen LogP contribution in [0.2, 0.25) is 0 Å². The molecule has 0 unspecified atom stereocenters. The van der Waals surface area contributed by atoms with Crippen molar-refractivity contribution in [2.45, 2.75) is 0 Å². The first-order valence-corrected chi connectivity index (χ1v) is 8.94. The molecule has 0 aliphatic carbocycles. The Morgan fingerprint density at radius 3 is 2.86 bits per heavy atom. The molecule has 4 aromatic rings. The molecule has 4 rings (SSSR count). The van der Waals surface area contributed by atoms with Crippen molar-refractivity contribution < 1.29 is 4.42 Å². The number of H-pyrrole nitrogens is 1. The van der Waals surface area contributed by atoms with Gasteiger partial charge in [0.2, 0.25) is 5.89 Å². The molecule has 0 amide bonds. The van der Waals surface area contributed by atoms with Crippen LogP contribution in [-0.2, 0) is 0 Å². The molecule has 0 aliphatic rings. The topological polar surface area (TPSA) is 142 Å². The lowest BCUT2D eigenvalue weighted by atomic mass is 10.2. The van der Waals surface area contributed by atoms with Crippen LogP contribution in [-0.4, -0.2) is 31.4 Å². The predicted octanol–water partition coefficient (Wildman–Crippen LogP) is 3.57. The van der Waals surface area contributed by atoms with Gasteiger partial charge in [0.05, 0.1) is 6.33 Å². The van der Waals surface area contributed by atoms with Gasteiger partial charge >= 0.3 is 6.01 Å². The lowest BCUT2D eigenvalue weighted by Gasteiger charge is -2.06. The monoisotopic (exact) mass is 404 g/mol. The van der Waals surface area contributed by atoms with Gasteiger partial charge in [0, 0.05) is 40.6 Å². The first-order chi connectivity index (χ1) is 14.1. The van der Waals surface area contributed by atoms with Crippen molar-refractivity contribution in [3.63, 3.8) is 0 Å². The van der Waals surface area contributed by atoms with Crippen LogP contribution in [0.1, 0.15) is 11.3 Å². The van der Waals surface area contributed by atoms with E-state index in [-0.39, 0.29) is 6.01 Å². The van der Waals surface area contributed by atoms with E-state index < -0.39 is 0 Å². The van der Waals surface area contributed by atoms with Gasteiger partial charge in [-0.25, -0.2) is 4.98 Å². The highest BCUT2D eigenvalue weighted by Gasteiger charge is 2.11. The van der Waals surface area contributed by atoms with Crippen LogP contribution in [0.3, 0.4) is 0 Å². The summed E-state index contributed by atoms with van der Waals surface area (Å²) in [7, 11) is 0. The second-order valence-electron chi connectivity index (χ2n) is 6.01. The van der Waals surface area contributed by atoms with Gasteiger partial charge in [0.1, 0.15) is 10.7 Å². The highest BCUT2D eigenvalue weighted by Crippen LogP contribution is 2.25. The molecule has 9 nitrogen and oxygen atoms in total. The van der Waals surface area contributed by atoms with Crippen LogP contribution in [0.5, 0.6) is 0 Å². The zero-order chi connectivity index (χ0) is 20.2. The van der Waals surface area contributed by atoms with Gasteiger partial charge in [-0.3, -0.25) is 0 Å². The number of imidazole rings is 1. The largest absolute Gasteiger partial charge is 0.403 e. The predicted molar refractivity (Wildman–Crippen MR) is 116 cm³/mol. The summed E-state index contributed by atoms with van der Waals surface area (Å²) in [5.74, 6) is 0.351. The summed E-state index contributed by atoms with van der Waals surface area (Å²) < 4.78 is 5.71. The number of benzene rings is 2. The first kappa shape index (κ1) is 18.3. The Morgan fingerprint density at radius 2 is 2.07 bits per heavy atom. The Kier molecular flexibility index (Phi) is 4.99. The molecule has 0 bridgehead atoms. The van der Waals surface area contributed by atoms with Crippen molar-refractivity contribution in [3.8, 4) is 11.5 Å². The van der Waals surface area contributed by atoms with E-state index in [2.05, 4.69) is 30.8 Å². The standard InChI is InChI=1S/C19H16N8OS/c20-8-12-7-14(4-5-15(12)21)25-19-27-26-17(28-19)11-2-1-3-13(6-11)24-18(29)16-9-22-10-23-16/h1-10,20H,21H2,(H,22,23)(H,24,29)(H,25,27). The van der Waals surface area contributed by atoms with Gasteiger partial charge in [0.25, 0.3) is 0 Å². The van der Waals surface area contributed by atoms with Crippen LogP contribution >= 0.6 is 12.2 Å². The summed E-state index contributed by atoms with van der Waals surface area (Å²) in [5, 5.41) is 21.6. The van der Waals surface area contributed by atoms with Crippen molar-refractivity contribution >= 4 is 46.5 Å². The summed E-state index contributed by atoms with van der Waals surface area (Å²) in [4.78, 5) is 7.49. The zero-order valence-corrected chi connectivity index (χ0v) is 15.8. The molecule has 29 heavy (non-hydrogen) atoms. The number of anilines is 4. The zero-order valence-electron chi connectivity index (χ0n) is 15.0. The molecule has 2 heterocycles. The minimum absolute atomic E-state index is 0.228. The summed E-state index contributed by atoms with van der Waals surface area (Å²) >= 11 is 5.34. The van der Waals surface area contributed by atoms with Crippen LogP contribution in [0.15, 0.2) is 59.4 Å². The van der Waals surface area contributed by atoms with E-state index in [9.17, 15) is 0 Å². The number of nitrogen functional groups attached to an aromatic ring is 1. The van der Waals surface area contributed by atoms with E-state index in [0.29, 0.717) is 33.5 Å². The summed E-state index contributed by atoms with van der Waals surface area (Å²) in [6.45, 7) is 0. The molecule has 0 fully saturated rings. The lowest BCUT2D eigenvalue weighted by molar-refractivity contribution is 0.587. The third kappa shape index (κ3) is 4.12. The fourth-order valence-corrected chi connectivity index (χ4v) is 2.83. The molecule has 10 heteroatoms. The van der Waals surface area contributed by atoms with E-state index in [1.54, 1.807) is 30.7 Å². The summed E-state index contributed by atoms with van der Waals surface area (Å²) in [6.07, 6.45) is 4.47. The van der Waals surface area contributed by atoms with Gasteiger partial charge in [-0.05, 0) is 36.4 Å². The van der Waals surface area contributed by atoms with E-state index >= 15 is 0 Å². The van der Waals surface area contributed by atoms with E-state index in [1.807, 2.05) is 24.3 Å². The van der Waals surface area contributed by atoms with Crippen LogP contribution in [0.4, 0.5) is 23.1 Å². The molecule has 0 spiro atoms. The van der Waals surface area contributed by atoms with E-state index in [4.69, 9.17) is 27.8 Å². The number of hydrogen-bond acceptors (Lipinski definition) is 8. The number of aromatic amines is 1. The van der Waals surface area contributed by atoms with E-state index in [0.717, 1.165) is 11.3 Å². The molecular formula is C19H16N8OS. The van der Waals surface area contributed by atoms with Crippen molar-refractivity contribution in [2.75, 3.05) is 16.4 Å². The summed E-state index contributed by atoms with van der Waals surface area (Å²) in [5.41, 5.74) is 9.77.